The van der Waals surface area contributed by atoms with Crippen molar-refractivity contribution < 1.29 is 13.9 Å². The summed E-state index contributed by atoms with van der Waals surface area (Å²) in [6, 6.07) is 11.0. The van der Waals surface area contributed by atoms with E-state index in [0.29, 0.717) is 46.7 Å². The van der Waals surface area contributed by atoms with Crippen molar-refractivity contribution in [3.8, 4) is 11.5 Å². The highest BCUT2D eigenvalue weighted by molar-refractivity contribution is 5.90. The summed E-state index contributed by atoms with van der Waals surface area (Å²) in [6.07, 6.45) is 4.59. The molecular formula is C25H30N2O4. The van der Waals surface area contributed by atoms with Crippen LogP contribution in [0.25, 0.3) is 21.9 Å². The van der Waals surface area contributed by atoms with E-state index >= 15 is 0 Å². The lowest BCUT2D eigenvalue weighted by Gasteiger charge is -2.30. The molecule has 0 radical (unpaired) electrons. The smallest absolute Gasteiger partial charge is 0.200 e. The molecule has 0 spiro atoms. The minimum atomic E-state index is -0.0479. The molecule has 2 fully saturated rings. The van der Waals surface area contributed by atoms with Gasteiger partial charge in [0.1, 0.15) is 22.7 Å². The number of hydrogen-bond donors (Lipinski definition) is 0. The van der Waals surface area contributed by atoms with Gasteiger partial charge in [-0.2, -0.15) is 0 Å². The molecule has 2 aromatic carbocycles. The molecule has 0 saturated carbocycles. The molecule has 0 atom stereocenters. The van der Waals surface area contributed by atoms with Crippen LogP contribution in [0.1, 0.15) is 25.7 Å². The second-order valence-corrected chi connectivity index (χ2v) is 8.54. The predicted molar refractivity (Wildman–Crippen MR) is 122 cm³/mol. The van der Waals surface area contributed by atoms with Gasteiger partial charge in [0.2, 0.25) is 5.43 Å². The Hall–Kier alpha value is -2.57. The Kier molecular flexibility index (Phi) is 6.09. The van der Waals surface area contributed by atoms with E-state index < -0.39 is 0 Å². The van der Waals surface area contributed by atoms with Crippen molar-refractivity contribution in [2.24, 2.45) is 0 Å². The molecule has 6 heteroatoms. The molecule has 0 N–H and O–H groups in total. The summed E-state index contributed by atoms with van der Waals surface area (Å²) < 4.78 is 17.7. The summed E-state index contributed by atoms with van der Waals surface area (Å²) >= 11 is 0. The number of ether oxygens (including phenoxy) is 2. The lowest BCUT2D eigenvalue weighted by molar-refractivity contribution is 0.165. The van der Waals surface area contributed by atoms with Crippen LogP contribution in [0.15, 0.2) is 45.6 Å². The fourth-order valence-corrected chi connectivity index (χ4v) is 4.16. The largest absolute Gasteiger partial charge is 0.494 e. The zero-order valence-corrected chi connectivity index (χ0v) is 18.0. The van der Waals surface area contributed by atoms with Crippen LogP contribution in [0.2, 0.25) is 0 Å². The van der Waals surface area contributed by atoms with Gasteiger partial charge in [-0.3, -0.25) is 4.79 Å². The molecule has 164 valence electrons. The first kappa shape index (κ1) is 20.3. The van der Waals surface area contributed by atoms with Crippen molar-refractivity contribution in [3.05, 3.63) is 46.6 Å². The van der Waals surface area contributed by atoms with E-state index in [9.17, 15) is 4.79 Å². The molecule has 2 saturated heterocycles. The average molecular weight is 423 g/mol. The molecule has 6 nitrogen and oxygen atoms in total. The monoisotopic (exact) mass is 422 g/mol. The molecule has 2 aliphatic rings. The third-order valence-electron chi connectivity index (χ3n) is 6.28. The molecule has 0 aliphatic carbocycles. The van der Waals surface area contributed by atoms with Crippen LogP contribution in [0, 0.1) is 0 Å². The number of hydrogen-bond acceptors (Lipinski definition) is 6. The van der Waals surface area contributed by atoms with Crippen molar-refractivity contribution in [3.63, 3.8) is 0 Å². The Labute approximate surface area is 182 Å². The zero-order valence-electron chi connectivity index (χ0n) is 18.0. The van der Waals surface area contributed by atoms with Gasteiger partial charge in [0.25, 0.3) is 0 Å². The van der Waals surface area contributed by atoms with Crippen molar-refractivity contribution in [1.29, 1.82) is 0 Å². The standard InChI is InChI=1S/C25H30N2O4/c28-25-21-17-19(29-15-3-13-26-9-1-10-26)5-7-23(21)31-24-8-6-20(18-22(24)25)30-16-4-14-27-11-2-12-27/h5-8,17-18H,1-4,9-16H2. The Balaban J connectivity index is 1.26. The van der Waals surface area contributed by atoms with Gasteiger partial charge in [-0.1, -0.05) is 0 Å². The second kappa shape index (κ2) is 9.28. The van der Waals surface area contributed by atoms with Gasteiger partial charge in [0, 0.05) is 13.1 Å². The fourth-order valence-electron chi connectivity index (χ4n) is 4.16. The molecule has 3 heterocycles. The zero-order chi connectivity index (χ0) is 21.0. The van der Waals surface area contributed by atoms with Crippen LogP contribution in [-0.4, -0.2) is 62.3 Å². The van der Waals surface area contributed by atoms with Crippen molar-refractivity contribution in [2.45, 2.75) is 25.7 Å². The van der Waals surface area contributed by atoms with Gasteiger partial charge in [-0.15, -0.1) is 0 Å². The van der Waals surface area contributed by atoms with Gasteiger partial charge in [-0.05, 0) is 88.3 Å². The number of nitrogens with zero attached hydrogens (tertiary/aromatic N) is 2. The Morgan fingerprint density at radius 3 is 1.65 bits per heavy atom. The van der Waals surface area contributed by atoms with E-state index in [1.54, 1.807) is 12.1 Å². The van der Waals surface area contributed by atoms with Gasteiger partial charge < -0.3 is 23.7 Å². The third-order valence-corrected chi connectivity index (χ3v) is 6.28. The highest BCUT2D eigenvalue weighted by Gasteiger charge is 2.14. The summed E-state index contributed by atoms with van der Waals surface area (Å²) in [5.74, 6) is 1.42. The van der Waals surface area contributed by atoms with Crippen LogP contribution in [-0.2, 0) is 0 Å². The maximum Gasteiger partial charge on any atom is 0.200 e. The first-order valence-electron chi connectivity index (χ1n) is 11.5. The summed E-state index contributed by atoms with van der Waals surface area (Å²) in [7, 11) is 0. The van der Waals surface area contributed by atoms with Crippen LogP contribution >= 0.6 is 0 Å². The van der Waals surface area contributed by atoms with Crippen LogP contribution in [0.4, 0.5) is 0 Å². The van der Waals surface area contributed by atoms with Crippen molar-refractivity contribution >= 4 is 21.9 Å². The van der Waals surface area contributed by atoms with Crippen LogP contribution in [0.3, 0.4) is 0 Å². The molecule has 0 bridgehead atoms. The number of likely N-dealkylation sites (tertiary alicyclic amines) is 2. The topological polar surface area (TPSA) is 55.1 Å². The first-order chi connectivity index (χ1) is 15.3. The van der Waals surface area contributed by atoms with E-state index in [1.807, 2.05) is 24.3 Å². The fraction of sp³-hybridized carbons (Fsp3) is 0.480. The molecule has 0 unspecified atom stereocenters. The molecule has 0 amide bonds. The van der Waals surface area contributed by atoms with E-state index in [-0.39, 0.29) is 5.43 Å². The highest BCUT2D eigenvalue weighted by atomic mass is 16.5. The maximum absolute atomic E-state index is 13.1. The first-order valence-corrected chi connectivity index (χ1v) is 11.5. The Morgan fingerprint density at radius 1 is 0.742 bits per heavy atom. The summed E-state index contributed by atoms with van der Waals surface area (Å²) in [5.41, 5.74) is 1.11. The van der Waals surface area contributed by atoms with E-state index in [0.717, 1.165) is 25.9 Å². The molecule has 5 rings (SSSR count). The van der Waals surface area contributed by atoms with E-state index in [2.05, 4.69) is 9.80 Å². The van der Waals surface area contributed by atoms with E-state index in [1.165, 1.54) is 39.0 Å². The Bertz CT molecular complexity index is 1020. The molecule has 2 aliphatic heterocycles. The quantitative estimate of drug-likeness (QED) is 0.365. The second-order valence-electron chi connectivity index (χ2n) is 8.54. The maximum atomic E-state index is 13.1. The van der Waals surface area contributed by atoms with E-state index in [4.69, 9.17) is 13.9 Å². The lowest BCUT2D eigenvalue weighted by Crippen LogP contribution is -2.38. The third kappa shape index (κ3) is 4.70. The highest BCUT2D eigenvalue weighted by Crippen LogP contribution is 2.25. The van der Waals surface area contributed by atoms with Crippen LogP contribution in [0.5, 0.6) is 11.5 Å². The molecule has 1 aromatic heterocycles. The van der Waals surface area contributed by atoms with Gasteiger partial charge >= 0.3 is 0 Å². The van der Waals surface area contributed by atoms with Crippen LogP contribution < -0.4 is 14.9 Å². The van der Waals surface area contributed by atoms with Crippen molar-refractivity contribution in [1.82, 2.24) is 9.80 Å². The summed E-state index contributed by atoms with van der Waals surface area (Å²) in [6.45, 7) is 8.25. The number of rotatable bonds is 10. The SMILES string of the molecule is O=c1c2cc(OCCCN3CCC3)ccc2oc2ccc(OCCCN3CCC3)cc12. The van der Waals surface area contributed by atoms with Gasteiger partial charge in [0.15, 0.2) is 0 Å². The minimum absolute atomic E-state index is 0.0479. The average Bonchev–Trinajstić information content (AvgIpc) is 2.71. The minimum Gasteiger partial charge on any atom is -0.494 e. The molecular weight excluding hydrogens is 392 g/mol. The number of benzene rings is 2. The Morgan fingerprint density at radius 2 is 1.23 bits per heavy atom. The summed E-state index contributed by atoms with van der Waals surface area (Å²) in [5, 5.41) is 1.09. The number of fused-ring (bicyclic) bond motifs is 2. The predicted octanol–water partition coefficient (Wildman–Crippen LogP) is 3.90. The lowest BCUT2D eigenvalue weighted by atomic mass is 10.1. The van der Waals surface area contributed by atoms with Gasteiger partial charge in [0.05, 0.1) is 24.0 Å². The molecule has 31 heavy (non-hydrogen) atoms. The van der Waals surface area contributed by atoms with Crippen molar-refractivity contribution in [2.75, 3.05) is 52.5 Å². The molecule has 3 aromatic rings. The summed E-state index contributed by atoms with van der Waals surface area (Å²) in [4.78, 5) is 18.0. The normalized spacial score (nSPS) is 16.9. The van der Waals surface area contributed by atoms with Gasteiger partial charge in [-0.25, -0.2) is 0 Å².